The van der Waals surface area contributed by atoms with Crippen molar-refractivity contribution in [3.8, 4) is 5.75 Å². The van der Waals surface area contributed by atoms with Gasteiger partial charge in [-0.3, -0.25) is 4.79 Å². The number of para-hydroxylation sites is 1. The zero-order valence-corrected chi connectivity index (χ0v) is 13.1. The second-order valence-corrected chi connectivity index (χ2v) is 6.09. The topological polar surface area (TPSA) is 58.6 Å². The molecule has 0 radical (unpaired) electrons. The van der Waals surface area contributed by atoms with E-state index in [4.69, 9.17) is 4.74 Å². The van der Waals surface area contributed by atoms with Crippen LogP contribution in [-0.4, -0.2) is 29.3 Å². The van der Waals surface area contributed by atoms with Gasteiger partial charge in [0.05, 0.1) is 0 Å². The predicted octanol–water partition coefficient (Wildman–Crippen LogP) is 3.17. The SMILES string of the molecule is CCNC1(C(=O)O)CCC(Oc2ccccc2C(C)C)C1. The highest BCUT2D eigenvalue weighted by molar-refractivity contribution is 5.79. The Morgan fingerprint density at radius 3 is 2.81 bits per heavy atom. The number of likely N-dealkylation sites (N-methyl/N-ethyl adjacent to an activating group) is 1. The first kappa shape index (κ1) is 15.8. The molecule has 0 spiro atoms. The van der Waals surface area contributed by atoms with E-state index in [1.165, 1.54) is 5.56 Å². The van der Waals surface area contributed by atoms with Gasteiger partial charge in [0.15, 0.2) is 0 Å². The Morgan fingerprint density at radius 2 is 2.19 bits per heavy atom. The molecular formula is C17H25NO3. The van der Waals surface area contributed by atoms with E-state index in [2.05, 4.69) is 25.2 Å². The lowest BCUT2D eigenvalue weighted by atomic mass is 9.97. The van der Waals surface area contributed by atoms with Gasteiger partial charge in [-0.2, -0.15) is 0 Å². The van der Waals surface area contributed by atoms with Gasteiger partial charge in [0.2, 0.25) is 0 Å². The minimum Gasteiger partial charge on any atom is -0.490 e. The Hall–Kier alpha value is -1.55. The van der Waals surface area contributed by atoms with Gasteiger partial charge < -0.3 is 15.2 Å². The molecule has 1 saturated carbocycles. The molecule has 0 saturated heterocycles. The molecule has 1 aliphatic carbocycles. The van der Waals surface area contributed by atoms with Crippen LogP contribution in [0.4, 0.5) is 0 Å². The number of nitrogens with one attached hydrogen (secondary N) is 1. The van der Waals surface area contributed by atoms with Crippen molar-refractivity contribution in [3.05, 3.63) is 29.8 Å². The van der Waals surface area contributed by atoms with Crippen molar-refractivity contribution in [3.63, 3.8) is 0 Å². The third-order valence-electron chi connectivity index (χ3n) is 4.23. The first-order chi connectivity index (χ1) is 9.98. The monoisotopic (exact) mass is 291 g/mol. The van der Waals surface area contributed by atoms with Crippen LogP contribution in [-0.2, 0) is 4.79 Å². The van der Waals surface area contributed by atoms with Gasteiger partial charge in [-0.25, -0.2) is 0 Å². The van der Waals surface area contributed by atoms with Gasteiger partial charge in [0.25, 0.3) is 0 Å². The molecule has 1 aliphatic rings. The van der Waals surface area contributed by atoms with Crippen molar-refractivity contribution in [2.24, 2.45) is 0 Å². The highest BCUT2D eigenvalue weighted by Gasteiger charge is 2.46. The molecule has 1 fully saturated rings. The molecule has 116 valence electrons. The second kappa shape index (κ2) is 6.48. The quantitative estimate of drug-likeness (QED) is 0.845. The second-order valence-electron chi connectivity index (χ2n) is 6.09. The van der Waals surface area contributed by atoms with E-state index >= 15 is 0 Å². The summed E-state index contributed by atoms with van der Waals surface area (Å²) in [6.07, 6.45) is 1.86. The van der Waals surface area contributed by atoms with Gasteiger partial charge in [-0.15, -0.1) is 0 Å². The molecule has 0 heterocycles. The fourth-order valence-electron chi connectivity index (χ4n) is 3.11. The first-order valence-corrected chi connectivity index (χ1v) is 7.72. The van der Waals surface area contributed by atoms with Crippen molar-refractivity contribution in [1.82, 2.24) is 5.32 Å². The number of hydrogen-bond donors (Lipinski definition) is 2. The summed E-state index contributed by atoms with van der Waals surface area (Å²) in [5.74, 6) is 0.503. The van der Waals surface area contributed by atoms with Crippen LogP contribution in [0.5, 0.6) is 5.75 Å². The summed E-state index contributed by atoms with van der Waals surface area (Å²) >= 11 is 0. The van der Waals surface area contributed by atoms with Crippen molar-refractivity contribution >= 4 is 5.97 Å². The van der Waals surface area contributed by atoms with Gasteiger partial charge in [-0.1, -0.05) is 39.0 Å². The number of carboxylic acid groups (broad SMARTS) is 1. The third kappa shape index (κ3) is 3.38. The number of carbonyl (C=O) groups is 1. The van der Waals surface area contributed by atoms with Crippen LogP contribution in [0.1, 0.15) is 51.5 Å². The summed E-state index contributed by atoms with van der Waals surface area (Å²) in [6.45, 7) is 6.86. The highest BCUT2D eigenvalue weighted by atomic mass is 16.5. The molecule has 1 aromatic carbocycles. The van der Waals surface area contributed by atoms with Crippen LogP contribution in [0.3, 0.4) is 0 Å². The zero-order valence-electron chi connectivity index (χ0n) is 13.1. The van der Waals surface area contributed by atoms with Gasteiger partial charge >= 0.3 is 5.97 Å². The lowest BCUT2D eigenvalue weighted by molar-refractivity contribution is -0.144. The zero-order chi connectivity index (χ0) is 15.5. The van der Waals surface area contributed by atoms with Crippen molar-refractivity contribution in [2.45, 2.75) is 57.6 Å². The number of carboxylic acids is 1. The van der Waals surface area contributed by atoms with Crippen LogP contribution in [0.2, 0.25) is 0 Å². The minimum atomic E-state index is -0.827. The van der Waals surface area contributed by atoms with Gasteiger partial charge in [0.1, 0.15) is 17.4 Å². The number of ether oxygens (including phenoxy) is 1. The lowest BCUT2D eigenvalue weighted by Crippen LogP contribution is -2.50. The van der Waals surface area contributed by atoms with Crippen molar-refractivity contribution < 1.29 is 14.6 Å². The third-order valence-corrected chi connectivity index (χ3v) is 4.23. The summed E-state index contributed by atoms with van der Waals surface area (Å²) < 4.78 is 6.12. The molecule has 4 heteroatoms. The molecule has 21 heavy (non-hydrogen) atoms. The molecule has 0 amide bonds. The standard InChI is InChI=1S/C17H25NO3/c1-4-18-17(16(19)20)10-9-13(11-17)21-15-8-6-5-7-14(15)12(2)3/h5-8,12-13,18H,4,9-11H2,1-3H3,(H,19,20). The van der Waals surface area contributed by atoms with Crippen LogP contribution in [0.25, 0.3) is 0 Å². The van der Waals surface area contributed by atoms with E-state index in [1.54, 1.807) is 0 Å². The molecule has 2 unspecified atom stereocenters. The fraction of sp³-hybridized carbons (Fsp3) is 0.588. The Bertz CT molecular complexity index is 501. The lowest BCUT2D eigenvalue weighted by Gasteiger charge is -2.25. The molecule has 1 aromatic rings. The maximum Gasteiger partial charge on any atom is 0.324 e. The average Bonchev–Trinajstić information content (AvgIpc) is 2.84. The highest BCUT2D eigenvalue weighted by Crippen LogP contribution is 2.35. The molecule has 0 aliphatic heterocycles. The largest absolute Gasteiger partial charge is 0.490 e. The number of hydrogen-bond acceptors (Lipinski definition) is 3. The predicted molar refractivity (Wildman–Crippen MR) is 82.8 cm³/mol. The number of rotatable bonds is 6. The molecule has 2 rings (SSSR count). The minimum absolute atomic E-state index is 0.0416. The van der Waals surface area contributed by atoms with Crippen LogP contribution < -0.4 is 10.1 Å². The Kier molecular flexibility index (Phi) is 4.88. The van der Waals surface area contributed by atoms with E-state index in [-0.39, 0.29) is 6.10 Å². The van der Waals surface area contributed by atoms with Crippen molar-refractivity contribution in [2.75, 3.05) is 6.54 Å². The Labute approximate surface area is 126 Å². The summed E-state index contributed by atoms with van der Waals surface area (Å²) in [4.78, 5) is 11.6. The maximum atomic E-state index is 11.6. The normalized spacial score (nSPS) is 25.2. The van der Waals surface area contributed by atoms with E-state index in [9.17, 15) is 9.90 Å². The molecule has 2 atom stereocenters. The fourth-order valence-corrected chi connectivity index (χ4v) is 3.11. The number of benzene rings is 1. The summed E-state index contributed by atoms with van der Waals surface area (Å²) in [5.41, 5.74) is 0.348. The van der Waals surface area contributed by atoms with Crippen LogP contribution in [0.15, 0.2) is 24.3 Å². The maximum absolute atomic E-state index is 11.6. The molecular weight excluding hydrogens is 266 g/mol. The van der Waals surface area contributed by atoms with Crippen LogP contribution in [0, 0.1) is 0 Å². The summed E-state index contributed by atoms with van der Waals surface area (Å²) in [6, 6.07) is 8.02. The molecule has 4 nitrogen and oxygen atoms in total. The van der Waals surface area contributed by atoms with E-state index in [0.717, 1.165) is 12.2 Å². The molecule has 0 aromatic heterocycles. The van der Waals surface area contributed by atoms with Gasteiger partial charge in [0, 0.05) is 6.42 Å². The number of aliphatic carboxylic acids is 1. The first-order valence-electron chi connectivity index (χ1n) is 7.72. The van der Waals surface area contributed by atoms with E-state index < -0.39 is 11.5 Å². The Morgan fingerprint density at radius 1 is 1.48 bits per heavy atom. The smallest absolute Gasteiger partial charge is 0.324 e. The molecule has 2 N–H and O–H groups in total. The van der Waals surface area contributed by atoms with E-state index in [0.29, 0.717) is 25.3 Å². The van der Waals surface area contributed by atoms with Crippen LogP contribution >= 0.6 is 0 Å². The van der Waals surface area contributed by atoms with Gasteiger partial charge in [-0.05, 0) is 36.9 Å². The van der Waals surface area contributed by atoms with Crippen molar-refractivity contribution in [1.29, 1.82) is 0 Å². The Balaban J connectivity index is 2.11. The average molecular weight is 291 g/mol. The summed E-state index contributed by atoms with van der Waals surface area (Å²) in [5, 5.41) is 12.6. The van der Waals surface area contributed by atoms with E-state index in [1.807, 2.05) is 25.1 Å². The summed E-state index contributed by atoms with van der Waals surface area (Å²) in [7, 11) is 0. The molecule has 0 bridgehead atoms.